The fourth-order valence-electron chi connectivity index (χ4n) is 2.53. The molecule has 2 N–H and O–H groups in total. The maximum atomic E-state index is 4.61. The van der Waals surface area contributed by atoms with Gasteiger partial charge in [0.2, 0.25) is 0 Å². The highest BCUT2D eigenvalue weighted by atomic mass is 127. The molecule has 27 heavy (non-hydrogen) atoms. The number of nitrogens with one attached hydrogen (secondary N) is 2. The van der Waals surface area contributed by atoms with Crippen LogP contribution >= 0.6 is 35.3 Å². The van der Waals surface area contributed by atoms with Crippen LogP contribution in [0.25, 0.3) is 5.69 Å². The molecule has 0 aliphatic heterocycles. The van der Waals surface area contributed by atoms with Crippen molar-refractivity contribution in [3.63, 3.8) is 0 Å². The Hall–Kier alpha value is -1.94. The summed E-state index contributed by atoms with van der Waals surface area (Å²) in [7, 11) is 0. The quantitative estimate of drug-likeness (QED) is 0.298. The first-order valence-electron chi connectivity index (χ1n) is 8.77. The van der Waals surface area contributed by atoms with Gasteiger partial charge in [-0.15, -0.1) is 35.3 Å². The molecule has 8 heteroatoms. The Kier molecular flexibility index (Phi) is 8.73. The van der Waals surface area contributed by atoms with Crippen LogP contribution in [0.4, 0.5) is 0 Å². The summed E-state index contributed by atoms with van der Waals surface area (Å²) in [5.41, 5.74) is 2.35. The zero-order valence-electron chi connectivity index (χ0n) is 15.6. The van der Waals surface area contributed by atoms with Crippen LogP contribution in [0, 0.1) is 6.92 Å². The maximum absolute atomic E-state index is 4.61. The lowest BCUT2D eigenvalue weighted by Gasteiger charge is -2.11. The van der Waals surface area contributed by atoms with Gasteiger partial charge in [0.05, 0.1) is 12.2 Å². The van der Waals surface area contributed by atoms with Crippen LogP contribution in [0.5, 0.6) is 0 Å². The number of aromatic nitrogens is 3. The number of hydrogen-bond donors (Lipinski definition) is 2. The molecule has 6 nitrogen and oxygen atoms in total. The third-order valence-electron chi connectivity index (χ3n) is 3.80. The number of aryl methyl sites for hydroxylation is 1. The molecule has 0 saturated carbocycles. The van der Waals surface area contributed by atoms with Gasteiger partial charge in [-0.3, -0.25) is 0 Å². The summed E-state index contributed by atoms with van der Waals surface area (Å²) in [5.74, 6) is 0.827. The summed E-state index contributed by atoms with van der Waals surface area (Å²) in [6.45, 7) is 6.39. The van der Waals surface area contributed by atoms with E-state index in [0.29, 0.717) is 6.54 Å². The standard InChI is InChI=1S/C19H24N6S.HI/c1-3-20-19(23-14-18-22-13-15(2)26-18)21-11-9-16-5-7-17(8-6-16)25-12-4-10-24-25;/h4-8,10,12-13H,3,9,11,14H2,1-2H3,(H2,20,21,23);1H. The van der Waals surface area contributed by atoms with Crippen LogP contribution in [-0.4, -0.2) is 33.8 Å². The van der Waals surface area contributed by atoms with E-state index in [-0.39, 0.29) is 24.0 Å². The van der Waals surface area contributed by atoms with Crippen molar-refractivity contribution in [2.75, 3.05) is 13.1 Å². The summed E-state index contributed by atoms with van der Waals surface area (Å²) in [5, 5.41) is 11.9. The van der Waals surface area contributed by atoms with Crippen LogP contribution in [0.1, 0.15) is 22.4 Å². The summed E-state index contributed by atoms with van der Waals surface area (Å²) in [6.07, 6.45) is 6.55. The van der Waals surface area contributed by atoms with E-state index in [1.807, 2.05) is 23.1 Å². The molecule has 0 aliphatic rings. The number of guanidine groups is 1. The number of halogens is 1. The minimum Gasteiger partial charge on any atom is -0.357 e. The van der Waals surface area contributed by atoms with Gasteiger partial charge in [-0.1, -0.05) is 12.1 Å². The van der Waals surface area contributed by atoms with Crippen LogP contribution < -0.4 is 10.6 Å². The van der Waals surface area contributed by atoms with Gasteiger partial charge in [0.25, 0.3) is 0 Å². The van der Waals surface area contributed by atoms with E-state index < -0.39 is 0 Å². The number of benzene rings is 1. The largest absolute Gasteiger partial charge is 0.357 e. The molecule has 0 fully saturated rings. The predicted octanol–water partition coefficient (Wildman–Crippen LogP) is 3.55. The van der Waals surface area contributed by atoms with Crippen molar-refractivity contribution >= 4 is 41.3 Å². The number of nitrogens with zero attached hydrogens (tertiary/aromatic N) is 4. The molecule has 0 atom stereocenters. The van der Waals surface area contributed by atoms with E-state index in [2.05, 4.69) is 63.8 Å². The fourth-order valence-corrected chi connectivity index (χ4v) is 3.24. The molecule has 0 radical (unpaired) electrons. The number of rotatable bonds is 7. The third kappa shape index (κ3) is 6.62. The first-order chi connectivity index (χ1) is 12.7. The Balaban J connectivity index is 0.00000261. The molecule has 3 rings (SSSR count). The van der Waals surface area contributed by atoms with Crippen molar-refractivity contribution < 1.29 is 0 Å². The number of hydrogen-bond acceptors (Lipinski definition) is 4. The lowest BCUT2D eigenvalue weighted by molar-refractivity contribution is 0.798. The van der Waals surface area contributed by atoms with Crippen LogP contribution in [-0.2, 0) is 13.0 Å². The highest BCUT2D eigenvalue weighted by Gasteiger charge is 2.01. The predicted molar refractivity (Wildman–Crippen MR) is 122 cm³/mol. The summed E-state index contributed by atoms with van der Waals surface area (Å²) < 4.78 is 1.86. The molecular weight excluding hydrogens is 471 g/mol. The van der Waals surface area contributed by atoms with E-state index in [9.17, 15) is 0 Å². The van der Waals surface area contributed by atoms with Crippen molar-refractivity contribution in [3.8, 4) is 5.69 Å². The maximum Gasteiger partial charge on any atom is 0.191 e. The van der Waals surface area contributed by atoms with Gasteiger partial charge in [-0.05, 0) is 44.0 Å². The third-order valence-corrected chi connectivity index (χ3v) is 4.69. The summed E-state index contributed by atoms with van der Waals surface area (Å²) in [4.78, 5) is 10.2. The van der Waals surface area contributed by atoms with Crippen LogP contribution in [0.3, 0.4) is 0 Å². The first-order valence-corrected chi connectivity index (χ1v) is 9.58. The van der Waals surface area contributed by atoms with Crippen molar-refractivity contribution in [3.05, 3.63) is 64.4 Å². The Bertz CT molecular complexity index is 826. The molecule has 2 aromatic heterocycles. The van der Waals surface area contributed by atoms with Crippen molar-refractivity contribution in [2.24, 2.45) is 4.99 Å². The highest BCUT2D eigenvalue weighted by Crippen LogP contribution is 2.12. The lowest BCUT2D eigenvalue weighted by atomic mass is 10.1. The topological polar surface area (TPSA) is 67.1 Å². The fraction of sp³-hybridized carbons (Fsp3) is 0.316. The molecular formula is C19H25IN6S. The average molecular weight is 496 g/mol. The van der Waals surface area contributed by atoms with Crippen molar-refractivity contribution in [2.45, 2.75) is 26.8 Å². The van der Waals surface area contributed by atoms with Gasteiger partial charge in [0, 0.05) is 36.6 Å². The molecule has 0 unspecified atom stereocenters. The SMILES string of the molecule is CCNC(=NCc1ncc(C)s1)NCCc1ccc(-n2cccn2)cc1.I. The molecule has 0 amide bonds. The second-order valence-corrected chi connectivity index (χ2v) is 7.17. The van der Waals surface area contributed by atoms with Crippen LogP contribution in [0.15, 0.2) is 53.9 Å². The first kappa shape index (κ1) is 21.4. The molecule has 144 valence electrons. The highest BCUT2D eigenvalue weighted by molar-refractivity contribution is 14.0. The van der Waals surface area contributed by atoms with E-state index in [1.54, 1.807) is 17.5 Å². The Morgan fingerprint density at radius 1 is 1.22 bits per heavy atom. The Morgan fingerprint density at radius 3 is 2.67 bits per heavy atom. The van der Waals surface area contributed by atoms with Gasteiger partial charge in [-0.25, -0.2) is 14.7 Å². The number of aliphatic imine (C=N–C) groups is 1. The van der Waals surface area contributed by atoms with Gasteiger partial charge in [0.15, 0.2) is 5.96 Å². The Labute approximate surface area is 181 Å². The minimum absolute atomic E-state index is 0. The minimum atomic E-state index is 0. The molecule has 2 heterocycles. The monoisotopic (exact) mass is 496 g/mol. The smallest absolute Gasteiger partial charge is 0.191 e. The van der Waals surface area contributed by atoms with Gasteiger partial charge < -0.3 is 10.6 Å². The van der Waals surface area contributed by atoms with Crippen LogP contribution in [0.2, 0.25) is 0 Å². The summed E-state index contributed by atoms with van der Waals surface area (Å²) >= 11 is 1.69. The average Bonchev–Trinajstić information content (AvgIpc) is 3.32. The van der Waals surface area contributed by atoms with Gasteiger partial charge in [-0.2, -0.15) is 5.10 Å². The summed E-state index contributed by atoms with van der Waals surface area (Å²) in [6, 6.07) is 10.4. The molecule has 1 aromatic carbocycles. The zero-order chi connectivity index (χ0) is 18.2. The van der Waals surface area contributed by atoms with Gasteiger partial charge >= 0.3 is 0 Å². The lowest BCUT2D eigenvalue weighted by Crippen LogP contribution is -2.38. The normalized spacial score (nSPS) is 11.1. The van der Waals surface area contributed by atoms with E-state index in [4.69, 9.17) is 0 Å². The van der Waals surface area contributed by atoms with E-state index >= 15 is 0 Å². The second kappa shape index (κ2) is 11.0. The molecule has 0 bridgehead atoms. The number of thiazole rings is 1. The van der Waals surface area contributed by atoms with Gasteiger partial charge in [0.1, 0.15) is 5.01 Å². The van der Waals surface area contributed by atoms with Crippen molar-refractivity contribution in [1.29, 1.82) is 0 Å². The van der Waals surface area contributed by atoms with Crippen molar-refractivity contribution in [1.82, 2.24) is 25.4 Å². The molecule has 0 aliphatic carbocycles. The van der Waals surface area contributed by atoms with E-state index in [1.165, 1.54) is 10.4 Å². The Morgan fingerprint density at radius 2 is 2.04 bits per heavy atom. The molecule has 0 spiro atoms. The second-order valence-electron chi connectivity index (χ2n) is 5.85. The zero-order valence-corrected chi connectivity index (χ0v) is 18.7. The van der Waals surface area contributed by atoms with E-state index in [0.717, 1.165) is 36.2 Å². The molecule has 0 saturated heterocycles. The molecule has 3 aromatic rings.